The Hall–Kier alpha value is -1.15. The molecular formula is C7H13NO6S. The second-order valence-corrected chi connectivity index (χ2v) is 5.12. The average molecular weight is 239 g/mol. The van der Waals surface area contributed by atoms with Crippen LogP contribution in [0.2, 0.25) is 0 Å². The highest BCUT2D eigenvalue weighted by Gasteiger charge is 2.12. The van der Waals surface area contributed by atoms with Crippen LogP contribution in [0, 0.1) is 0 Å². The van der Waals surface area contributed by atoms with E-state index in [-0.39, 0.29) is 24.5 Å². The highest BCUT2D eigenvalue weighted by Crippen LogP contribution is 1.94. The molecule has 0 saturated heterocycles. The molecule has 0 unspecified atom stereocenters. The zero-order valence-corrected chi connectivity index (χ0v) is 8.83. The Bertz CT molecular complexity index is 322. The third-order valence-electron chi connectivity index (χ3n) is 1.42. The number of sulfone groups is 1. The first-order valence-electron chi connectivity index (χ1n) is 4.12. The summed E-state index contributed by atoms with van der Waals surface area (Å²) in [5.74, 6) is -2.50. The SMILES string of the molecule is NC(=O)CCS(=O)(=O)CCOCC(=O)O. The van der Waals surface area contributed by atoms with Crippen LogP contribution < -0.4 is 5.73 Å². The van der Waals surface area contributed by atoms with Crippen LogP contribution in [-0.4, -0.2) is 50.1 Å². The molecule has 0 aromatic heterocycles. The molecule has 3 N–H and O–H groups in total. The van der Waals surface area contributed by atoms with E-state index in [1.54, 1.807) is 0 Å². The number of primary amides is 1. The fourth-order valence-electron chi connectivity index (χ4n) is 0.704. The van der Waals surface area contributed by atoms with E-state index in [9.17, 15) is 18.0 Å². The molecule has 0 aliphatic heterocycles. The molecule has 0 fully saturated rings. The first kappa shape index (κ1) is 13.8. The molecule has 15 heavy (non-hydrogen) atoms. The number of rotatable bonds is 8. The lowest BCUT2D eigenvalue weighted by Gasteiger charge is -2.02. The lowest BCUT2D eigenvalue weighted by Crippen LogP contribution is -2.21. The number of carbonyl (C=O) groups excluding carboxylic acids is 1. The highest BCUT2D eigenvalue weighted by atomic mass is 32.2. The summed E-state index contributed by atoms with van der Waals surface area (Å²) in [6.07, 6.45) is -0.235. The first-order valence-corrected chi connectivity index (χ1v) is 5.94. The van der Waals surface area contributed by atoms with Gasteiger partial charge < -0.3 is 15.6 Å². The van der Waals surface area contributed by atoms with Crippen LogP contribution in [0.5, 0.6) is 0 Å². The van der Waals surface area contributed by atoms with Crippen molar-refractivity contribution in [1.82, 2.24) is 0 Å². The summed E-state index contributed by atoms with van der Waals surface area (Å²) in [6, 6.07) is 0. The van der Waals surface area contributed by atoms with Gasteiger partial charge in [0.2, 0.25) is 5.91 Å². The van der Waals surface area contributed by atoms with Crippen molar-refractivity contribution in [3.8, 4) is 0 Å². The smallest absolute Gasteiger partial charge is 0.329 e. The summed E-state index contributed by atoms with van der Waals surface area (Å²) in [5.41, 5.74) is 4.78. The number of nitrogens with two attached hydrogens (primary N) is 1. The van der Waals surface area contributed by atoms with Gasteiger partial charge in [-0.25, -0.2) is 13.2 Å². The molecule has 0 radical (unpaired) electrons. The lowest BCUT2D eigenvalue weighted by atomic mass is 10.5. The molecule has 7 nitrogen and oxygen atoms in total. The predicted molar refractivity (Wildman–Crippen MR) is 50.9 cm³/mol. The summed E-state index contributed by atoms with van der Waals surface area (Å²) in [5, 5.41) is 8.18. The summed E-state index contributed by atoms with van der Waals surface area (Å²) < 4.78 is 26.8. The summed E-state index contributed by atoms with van der Waals surface area (Å²) in [4.78, 5) is 20.3. The van der Waals surface area contributed by atoms with Crippen LogP contribution in [0.1, 0.15) is 6.42 Å². The topological polar surface area (TPSA) is 124 Å². The van der Waals surface area contributed by atoms with Crippen molar-refractivity contribution in [1.29, 1.82) is 0 Å². The normalized spacial score (nSPS) is 11.2. The molecule has 0 spiro atoms. The van der Waals surface area contributed by atoms with E-state index in [1.807, 2.05) is 0 Å². The van der Waals surface area contributed by atoms with Gasteiger partial charge in [-0.05, 0) is 0 Å². The number of carboxylic acids is 1. The van der Waals surface area contributed by atoms with Crippen LogP contribution in [0.15, 0.2) is 0 Å². The van der Waals surface area contributed by atoms with Gasteiger partial charge in [-0.3, -0.25) is 4.79 Å². The maximum absolute atomic E-state index is 11.1. The van der Waals surface area contributed by atoms with E-state index in [1.165, 1.54) is 0 Å². The van der Waals surface area contributed by atoms with Gasteiger partial charge in [0.1, 0.15) is 6.61 Å². The first-order chi connectivity index (χ1) is 6.83. The van der Waals surface area contributed by atoms with Crippen LogP contribution in [0.25, 0.3) is 0 Å². The molecule has 0 bridgehead atoms. The van der Waals surface area contributed by atoms with Gasteiger partial charge >= 0.3 is 5.97 Å². The molecule has 0 aromatic carbocycles. The maximum atomic E-state index is 11.1. The Balaban J connectivity index is 3.75. The predicted octanol–water partition coefficient (Wildman–Crippen LogP) is -1.62. The minimum absolute atomic E-state index is 0.201. The van der Waals surface area contributed by atoms with Crippen LogP contribution in [0.4, 0.5) is 0 Å². The van der Waals surface area contributed by atoms with Crippen molar-refractivity contribution in [2.75, 3.05) is 24.7 Å². The Morgan fingerprint density at radius 2 is 1.87 bits per heavy atom. The van der Waals surface area contributed by atoms with Gasteiger partial charge in [0.05, 0.1) is 18.1 Å². The van der Waals surface area contributed by atoms with E-state index in [0.717, 1.165) is 0 Å². The van der Waals surface area contributed by atoms with Gasteiger partial charge in [-0.15, -0.1) is 0 Å². The second-order valence-electron chi connectivity index (χ2n) is 2.81. The Labute approximate surface area is 87.1 Å². The minimum atomic E-state index is -3.39. The van der Waals surface area contributed by atoms with Crippen molar-refractivity contribution in [3.63, 3.8) is 0 Å². The third-order valence-corrected chi connectivity index (χ3v) is 3.04. The molecule has 0 aliphatic rings. The number of carbonyl (C=O) groups is 2. The summed E-state index contributed by atoms with van der Waals surface area (Å²) in [7, 11) is -3.39. The molecule has 0 saturated carbocycles. The molecular weight excluding hydrogens is 226 g/mol. The third kappa shape index (κ3) is 9.16. The van der Waals surface area contributed by atoms with E-state index >= 15 is 0 Å². The standard InChI is InChI=1S/C7H13NO6S/c8-6(9)1-3-15(12,13)4-2-14-5-7(10)11/h1-5H2,(H2,8,9)(H,10,11). The van der Waals surface area contributed by atoms with Crippen LogP contribution >= 0.6 is 0 Å². The van der Waals surface area contributed by atoms with Gasteiger partial charge in [0.25, 0.3) is 0 Å². The van der Waals surface area contributed by atoms with Gasteiger partial charge in [-0.1, -0.05) is 0 Å². The van der Waals surface area contributed by atoms with Crippen molar-refractivity contribution < 1.29 is 27.9 Å². The quantitative estimate of drug-likeness (QED) is 0.490. The fourth-order valence-corrected chi connectivity index (χ4v) is 1.79. The molecule has 0 heterocycles. The monoisotopic (exact) mass is 239 g/mol. The van der Waals surface area contributed by atoms with Crippen molar-refractivity contribution in [2.24, 2.45) is 5.73 Å². The molecule has 8 heteroatoms. The zero-order chi connectivity index (χ0) is 11.9. The van der Waals surface area contributed by atoms with E-state index in [4.69, 9.17) is 10.8 Å². The van der Waals surface area contributed by atoms with Gasteiger partial charge in [0, 0.05) is 6.42 Å². The van der Waals surface area contributed by atoms with Crippen molar-refractivity contribution in [2.45, 2.75) is 6.42 Å². The number of aliphatic carboxylic acids is 1. The number of hydrogen-bond donors (Lipinski definition) is 2. The largest absolute Gasteiger partial charge is 0.480 e. The van der Waals surface area contributed by atoms with Crippen molar-refractivity contribution in [3.05, 3.63) is 0 Å². The van der Waals surface area contributed by atoms with E-state index in [0.29, 0.717) is 0 Å². The molecule has 1 amide bonds. The van der Waals surface area contributed by atoms with Crippen LogP contribution in [0.3, 0.4) is 0 Å². The summed E-state index contributed by atoms with van der Waals surface area (Å²) >= 11 is 0. The van der Waals surface area contributed by atoms with E-state index in [2.05, 4.69) is 4.74 Å². The summed E-state index contributed by atoms with van der Waals surface area (Å²) in [6.45, 7) is -0.737. The second kappa shape index (κ2) is 6.36. The highest BCUT2D eigenvalue weighted by molar-refractivity contribution is 7.91. The minimum Gasteiger partial charge on any atom is -0.480 e. The Morgan fingerprint density at radius 1 is 1.27 bits per heavy atom. The van der Waals surface area contributed by atoms with Crippen LogP contribution in [-0.2, 0) is 24.2 Å². The van der Waals surface area contributed by atoms with Gasteiger partial charge in [0.15, 0.2) is 9.84 Å². The van der Waals surface area contributed by atoms with Gasteiger partial charge in [-0.2, -0.15) is 0 Å². The fraction of sp³-hybridized carbons (Fsp3) is 0.714. The maximum Gasteiger partial charge on any atom is 0.329 e. The van der Waals surface area contributed by atoms with E-state index < -0.39 is 28.3 Å². The molecule has 0 aromatic rings. The number of carboxylic acid groups (broad SMARTS) is 1. The average Bonchev–Trinajstić information content (AvgIpc) is 2.09. The number of ether oxygens (including phenoxy) is 1. The lowest BCUT2D eigenvalue weighted by molar-refractivity contribution is -0.142. The molecule has 0 atom stereocenters. The number of amides is 1. The van der Waals surface area contributed by atoms with Crippen molar-refractivity contribution >= 4 is 21.7 Å². The molecule has 0 rings (SSSR count). The molecule has 0 aliphatic carbocycles. The number of hydrogen-bond acceptors (Lipinski definition) is 5. The Kier molecular flexibility index (Phi) is 5.87. The zero-order valence-electron chi connectivity index (χ0n) is 8.01. The molecule has 88 valence electrons. The Morgan fingerprint density at radius 3 is 2.33 bits per heavy atom.